The monoisotopic (exact) mass is 448 g/mol. The number of hydrogen-bond donors (Lipinski definition) is 0. The van der Waals surface area contributed by atoms with Gasteiger partial charge >= 0.3 is 0 Å². The van der Waals surface area contributed by atoms with Crippen LogP contribution in [0, 0.1) is 35.4 Å². The zero-order valence-electron chi connectivity index (χ0n) is 18.5. The van der Waals surface area contributed by atoms with Gasteiger partial charge in [0, 0.05) is 36.4 Å². The number of halogens is 1. The molecular formula is C24H33FN2O3S. The molecule has 2 amide bonds. The van der Waals surface area contributed by atoms with E-state index < -0.39 is 9.73 Å². The average molecular weight is 449 g/mol. The third-order valence-corrected chi connectivity index (χ3v) is 9.46. The van der Waals surface area contributed by atoms with E-state index >= 15 is 0 Å². The number of nitrogens with zero attached hydrogens (tertiary/aromatic N) is 2. The fourth-order valence-corrected chi connectivity index (χ4v) is 8.17. The average Bonchev–Trinajstić information content (AvgIpc) is 3.47. The molecule has 0 N–H and O–H groups in total. The number of likely N-dealkylation sites (tertiary alicyclic amines) is 1. The van der Waals surface area contributed by atoms with Crippen molar-refractivity contribution in [2.45, 2.75) is 46.0 Å². The Morgan fingerprint density at radius 1 is 1.16 bits per heavy atom. The van der Waals surface area contributed by atoms with Crippen molar-refractivity contribution in [1.29, 1.82) is 0 Å². The summed E-state index contributed by atoms with van der Waals surface area (Å²) >= 11 is 0. The topological polar surface area (TPSA) is 66.8 Å². The molecule has 2 saturated heterocycles. The Morgan fingerprint density at radius 3 is 2.42 bits per heavy atom. The normalized spacial score (nSPS) is 32.9. The highest BCUT2D eigenvalue weighted by Gasteiger charge is 2.44. The molecule has 0 aromatic heterocycles. The number of piperidine rings is 1. The quantitative estimate of drug-likeness (QED) is 0.663. The van der Waals surface area contributed by atoms with E-state index in [9.17, 15) is 18.2 Å². The highest BCUT2D eigenvalue weighted by atomic mass is 32.2. The standard InChI is InChI=1S/C24H33FN2O3S/c1-3-4-20-11-22(20)23(28)26-31(30)14-18-10-19(15-31)13-27(12-18)24(29)16(2)9-17-5-7-21(25)8-6-17/h5-8,16,18-20,22H,3-4,9-15H2,1-2H3/t16?,18?,19?,20-,22-,31?/m1/s1. The van der Waals surface area contributed by atoms with E-state index in [0.29, 0.717) is 36.9 Å². The molecule has 3 fully saturated rings. The first-order valence-corrected chi connectivity index (χ1v) is 13.4. The van der Waals surface area contributed by atoms with Crippen LogP contribution in [0.25, 0.3) is 0 Å². The SMILES string of the molecule is CCC[C@@H]1C[C@H]1C(=O)N=S1(=O)CC2CC(CN(C(=O)C(C)Cc3ccc(F)cc3)C2)C1. The number of carbonyl (C=O) groups excluding carboxylic acids is 2. The van der Waals surface area contributed by atoms with Crippen molar-refractivity contribution in [3.8, 4) is 0 Å². The first kappa shape index (κ1) is 22.4. The minimum absolute atomic E-state index is 0.00886. The Morgan fingerprint density at radius 2 is 1.81 bits per heavy atom. The molecule has 2 aliphatic heterocycles. The Kier molecular flexibility index (Phi) is 6.52. The Bertz CT molecular complexity index is 934. The van der Waals surface area contributed by atoms with Gasteiger partial charge in [0.15, 0.2) is 0 Å². The second-order valence-corrected chi connectivity index (χ2v) is 12.3. The van der Waals surface area contributed by atoms with Gasteiger partial charge in [-0.25, -0.2) is 8.60 Å². The maximum Gasteiger partial charge on any atom is 0.257 e. The van der Waals surface area contributed by atoms with Crippen molar-refractivity contribution in [1.82, 2.24) is 4.90 Å². The van der Waals surface area contributed by atoms with Crippen molar-refractivity contribution < 1.29 is 18.2 Å². The minimum Gasteiger partial charge on any atom is -0.342 e. The van der Waals surface area contributed by atoms with Crippen molar-refractivity contribution >= 4 is 21.5 Å². The van der Waals surface area contributed by atoms with Crippen LogP contribution in [-0.2, 0) is 25.7 Å². The predicted molar refractivity (Wildman–Crippen MR) is 119 cm³/mol. The van der Waals surface area contributed by atoms with Crippen molar-refractivity contribution in [3.05, 3.63) is 35.6 Å². The summed E-state index contributed by atoms with van der Waals surface area (Å²) < 4.78 is 30.8. The van der Waals surface area contributed by atoms with Crippen molar-refractivity contribution in [2.75, 3.05) is 24.6 Å². The summed E-state index contributed by atoms with van der Waals surface area (Å²) in [5, 5.41) is 0. The molecule has 7 heteroatoms. The molecule has 170 valence electrons. The van der Waals surface area contributed by atoms with Gasteiger partial charge in [-0.1, -0.05) is 32.4 Å². The smallest absolute Gasteiger partial charge is 0.257 e. The molecule has 1 aromatic carbocycles. The molecule has 5 nitrogen and oxygen atoms in total. The van der Waals surface area contributed by atoms with E-state index in [-0.39, 0.29) is 41.3 Å². The fourth-order valence-electron chi connectivity index (χ4n) is 5.46. The molecule has 1 saturated carbocycles. The molecule has 2 bridgehead atoms. The Balaban J connectivity index is 1.36. The van der Waals surface area contributed by atoms with Crippen molar-refractivity contribution in [2.24, 2.45) is 34.0 Å². The second kappa shape index (κ2) is 9.00. The first-order chi connectivity index (χ1) is 14.8. The first-order valence-electron chi connectivity index (χ1n) is 11.6. The molecule has 4 rings (SSSR count). The number of carbonyl (C=O) groups is 2. The molecular weight excluding hydrogens is 415 g/mol. The molecule has 1 aromatic rings. The molecule has 3 unspecified atom stereocenters. The maximum atomic E-state index is 13.4. The Hall–Kier alpha value is -1.76. The lowest BCUT2D eigenvalue weighted by Gasteiger charge is -2.43. The van der Waals surface area contributed by atoms with Crippen LogP contribution in [0.3, 0.4) is 0 Å². The van der Waals surface area contributed by atoms with E-state index in [1.807, 2.05) is 11.8 Å². The molecule has 5 atom stereocenters. The van der Waals surface area contributed by atoms with Gasteiger partial charge in [0.25, 0.3) is 5.91 Å². The summed E-state index contributed by atoms with van der Waals surface area (Å²) in [7, 11) is -2.51. The predicted octanol–water partition coefficient (Wildman–Crippen LogP) is 3.91. The van der Waals surface area contributed by atoms with Gasteiger partial charge in [-0.3, -0.25) is 9.59 Å². The van der Waals surface area contributed by atoms with Gasteiger partial charge in [-0.2, -0.15) is 4.36 Å². The van der Waals surface area contributed by atoms with Gasteiger partial charge in [0.2, 0.25) is 5.91 Å². The summed E-state index contributed by atoms with van der Waals surface area (Å²) in [6, 6.07) is 6.29. The van der Waals surface area contributed by atoms with Crippen LogP contribution < -0.4 is 0 Å². The molecule has 2 heterocycles. The number of fused-ring (bicyclic) bond motifs is 2. The number of benzene rings is 1. The van der Waals surface area contributed by atoms with Crippen LogP contribution in [0.15, 0.2) is 28.6 Å². The lowest BCUT2D eigenvalue weighted by atomic mass is 9.89. The van der Waals surface area contributed by atoms with Gasteiger partial charge in [0.1, 0.15) is 5.82 Å². The van der Waals surface area contributed by atoms with Crippen LogP contribution >= 0.6 is 0 Å². The zero-order chi connectivity index (χ0) is 22.2. The molecule has 31 heavy (non-hydrogen) atoms. The van der Waals surface area contributed by atoms with Crippen LogP contribution in [0.4, 0.5) is 4.39 Å². The van der Waals surface area contributed by atoms with Gasteiger partial charge in [0.05, 0.1) is 9.73 Å². The summed E-state index contributed by atoms with van der Waals surface area (Å²) in [5.74, 6) is 1.05. The number of rotatable bonds is 6. The van der Waals surface area contributed by atoms with Crippen LogP contribution in [0.1, 0.15) is 45.1 Å². The summed E-state index contributed by atoms with van der Waals surface area (Å²) in [6.07, 6.45) is 4.54. The summed E-state index contributed by atoms with van der Waals surface area (Å²) in [4.78, 5) is 27.5. The van der Waals surface area contributed by atoms with Crippen LogP contribution in [-0.4, -0.2) is 45.5 Å². The third kappa shape index (κ3) is 5.36. The molecule has 0 spiro atoms. The van der Waals surface area contributed by atoms with Crippen molar-refractivity contribution in [3.63, 3.8) is 0 Å². The van der Waals surface area contributed by atoms with E-state index in [2.05, 4.69) is 11.3 Å². The highest BCUT2D eigenvalue weighted by molar-refractivity contribution is 7.93. The van der Waals surface area contributed by atoms with Gasteiger partial charge in [-0.15, -0.1) is 0 Å². The number of amides is 2. The van der Waals surface area contributed by atoms with E-state index in [1.54, 1.807) is 12.1 Å². The molecule has 1 aliphatic carbocycles. The molecule has 0 radical (unpaired) electrons. The second-order valence-electron chi connectivity index (χ2n) is 9.87. The fraction of sp³-hybridized carbons (Fsp3) is 0.667. The van der Waals surface area contributed by atoms with Gasteiger partial charge in [-0.05, 0) is 61.1 Å². The van der Waals surface area contributed by atoms with Crippen LogP contribution in [0.5, 0.6) is 0 Å². The minimum atomic E-state index is -2.51. The van der Waals surface area contributed by atoms with E-state index in [1.165, 1.54) is 12.1 Å². The van der Waals surface area contributed by atoms with Crippen LogP contribution in [0.2, 0.25) is 0 Å². The van der Waals surface area contributed by atoms with Gasteiger partial charge < -0.3 is 4.90 Å². The van der Waals surface area contributed by atoms with E-state index in [4.69, 9.17) is 0 Å². The highest BCUT2D eigenvalue weighted by Crippen LogP contribution is 2.43. The lowest BCUT2D eigenvalue weighted by molar-refractivity contribution is -0.137. The largest absolute Gasteiger partial charge is 0.342 e. The zero-order valence-corrected chi connectivity index (χ0v) is 19.3. The third-order valence-electron chi connectivity index (χ3n) is 6.96. The summed E-state index contributed by atoms with van der Waals surface area (Å²) in [6.45, 7) is 5.21. The Labute approximate surface area is 185 Å². The number of hydrogen-bond acceptors (Lipinski definition) is 3. The lowest BCUT2D eigenvalue weighted by Crippen LogP contribution is -2.52. The maximum absolute atomic E-state index is 13.4. The summed E-state index contributed by atoms with van der Waals surface area (Å²) in [5.41, 5.74) is 0.946. The molecule has 3 aliphatic rings. The van der Waals surface area contributed by atoms with E-state index in [0.717, 1.165) is 31.2 Å².